The summed E-state index contributed by atoms with van der Waals surface area (Å²) >= 11 is 0. The first-order chi connectivity index (χ1) is 8.60. The third-order valence-electron chi connectivity index (χ3n) is 4.13. The Labute approximate surface area is 111 Å². The summed E-state index contributed by atoms with van der Waals surface area (Å²) in [6.07, 6.45) is 3.59. The quantitative estimate of drug-likeness (QED) is 0.651. The number of aliphatic hydroxyl groups is 1. The molecule has 0 unspecified atom stereocenters. The molecular formula is C13H17N2O4. The summed E-state index contributed by atoms with van der Waals surface area (Å²) in [6, 6.07) is 0. The fourth-order valence-corrected chi connectivity index (χ4v) is 2.04. The number of rotatable bonds is 0. The molecule has 2 aliphatic rings. The highest BCUT2D eigenvalue weighted by atomic mass is 16.6. The lowest BCUT2D eigenvalue weighted by molar-refractivity contribution is -0.182. The normalized spacial score (nSPS) is 28.9. The highest BCUT2D eigenvalue weighted by molar-refractivity contribution is 6.08. The van der Waals surface area contributed by atoms with Gasteiger partial charge in [-0.2, -0.15) is 5.06 Å². The van der Waals surface area contributed by atoms with Crippen molar-refractivity contribution in [1.82, 2.24) is 10.1 Å². The van der Waals surface area contributed by atoms with Crippen molar-refractivity contribution in [2.24, 2.45) is 0 Å². The molecule has 19 heavy (non-hydrogen) atoms. The first-order valence-corrected chi connectivity index (χ1v) is 5.94. The summed E-state index contributed by atoms with van der Waals surface area (Å²) in [6.45, 7) is 6.78. The minimum Gasteiger partial charge on any atom is -0.508 e. The number of nitrogens with zero attached hydrogens (tertiary/aromatic N) is 2. The SMILES string of the molecule is CC1(C)N([O])/C(=C2\C=C(O)C=CC2=O)N(O)C1(C)C. The molecule has 0 aromatic heterocycles. The maximum absolute atomic E-state index is 12.4. The molecule has 0 spiro atoms. The highest BCUT2D eigenvalue weighted by Gasteiger charge is 2.57. The van der Waals surface area contributed by atoms with Crippen LogP contribution in [0.5, 0.6) is 0 Å². The zero-order valence-corrected chi connectivity index (χ0v) is 11.3. The summed E-state index contributed by atoms with van der Waals surface area (Å²) < 4.78 is 0. The van der Waals surface area contributed by atoms with Crippen LogP contribution >= 0.6 is 0 Å². The van der Waals surface area contributed by atoms with Crippen molar-refractivity contribution in [2.45, 2.75) is 38.8 Å². The third kappa shape index (κ3) is 1.67. The number of carbonyl (C=O) groups excluding carboxylic acids is 1. The van der Waals surface area contributed by atoms with Crippen molar-refractivity contribution in [3.05, 3.63) is 35.4 Å². The van der Waals surface area contributed by atoms with Crippen LogP contribution in [-0.4, -0.2) is 37.3 Å². The predicted octanol–water partition coefficient (Wildman–Crippen LogP) is 1.69. The number of allylic oxidation sites excluding steroid dienone is 4. The van der Waals surface area contributed by atoms with E-state index in [1.54, 1.807) is 27.7 Å². The Morgan fingerprint density at radius 3 is 2.16 bits per heavy atom. The van der Waals surface area contributed by atoms with Gasteiger partial charge in [-0.3, -0.25) is 10.0 Å². The zero-order valence-electron chi connectivity index (χ0n) is 11.3. The van der Waals surface area contributed by atoms with Crippen molar-refractivity contribution in [3.63, 3.8) is 0 Å². The summed E-state index contributed by atoms with van der Waals surface area (Å²) in [7, 11) is 0. The molecule has 1 aliphatic heterocycles. The van der Waals surface area contributed by atoms with Crippen LogP contribution in [0.3, 0.4) is 0 Å². The van der Waals surface area contributed by atoms with Gasteiger partial charge in [0.25, 0.3) is 0 Å². The van der Waals surface area contributed by atoms with E-state index in [0.29, 0.717) is 5.06 Å². The van der Waals surface area contributed by atoms with Gasteiger partial charge in [0, 0.05) is 0 Å². The minimum atomic E-state index is -0.922. The van der Waals surface area contributed by atoms with E-state index >= 15 is 0 Å². The molecule has 1 aliphatic carbocycles. The van der Waals surface area contributed by atoms with Crippen LogP contribution in [0.1, 0.15) is 27.7 Å². The Morgan fingerprint density at radius 2 is 1.68 bits per heavy atom. The second kappa shape index (κ2) is 3.85. The Hall–Kier alpha value is -1.79. The second-order valence-corrected chi connectivity index (χ2v) is 5.73. The van der Waals surface area contributed by atoms with Gasteiger partial charge in [0.2, 0.25) is 0 Å². The van der Waals surface area contributed by atoms with Crippen molar-refractivity contribution in [3.8, 4) is 0 Å². The van der Waals surface area contributed by atoms with Gasteiger partial charge in [-0.1, -0.05) is 5.21 Å². The van der Waals surface area contributed by atoms with Gasteiger partial charge < -0.3 is 5.11 Å². The van der Waals surface area contributed by atoms with Gasteiger partial charge >= 0.3 is 0 Å². The minimum absolute atomic E-state index is 0.0175. The van der Waals surface area contributed by atoms with Crippen molar-refractivity contribution < 1.29 is 20.3 Å². The molecule has 0 saturated carbocycles. The fourth-order valence-electron chi connectivity index (χ4n) is 2.04. The van der Waals surface area contributed by atoms with E-state index in [0.717, 1.165) is 11.1 Å². The third-order valence-corrected chi connectivity index (χ3v) is 4.13. The molecule has 2 N–H and O–H groups in total. The topological polar surface area (TPSA) is 83.9 Å². The van der Waals surface area contributed by atoms with Crippen LogP contribution < -0.4 is 0 Å². The second-order valence-electron chi connectivity index (χ2n) is 5.73. The van der Waals surface area contributed by atoms with Crippen LogP contribution in [0.15, 0.2) is 35.4 Å². The molecule has 0 atom stereocenters. The first kappa shape index (κ1) is 13.6. The summed E-state index contributed by atoms with van der Waals surface area (Å²) in [5, 5.41) is 33.5. The maximum atomic E-state index is 12.4. The lowest BCUT2D eigenvalue weighted by Crippen LogP contribution is -2.52. The molecule has 6 nitrogen and oxygen atoms in total. The number of aliphatic hydroxyl groups excluding tert-OH is 1. The Balaban J connectivity index is 2.64. The van der Waals surface area contributed by atoms with Crippen LogP contribution in [0.4, 0.5) is 0 Å². The number of hydroxylamine groups is 4. The maximum Gasteiger partial charge on any atom is 0.189 e. The average Bonchev–Trinajstić information content (AvgIpc) is 2.43. The number of hydrogen-bond acceptors (Lipinski definition) is 5. The van der Waals surface area contributed by atoms with Gasteiger partial charge in [0.15, 0.2) is 11.6 Å². The van der Waals surface area contributed by atoms with E-state index in [1.165, 1.54) is 12.2 Å². The average molecular weight is 265 g/mol. The van der Waals surface area contributed by atoms with Crippen LogP contribution in [0.2, 0.25) is 0 Å². The number of carbonyl (C=O) groups is 1. The Bertz CT molecular complexity index is 507. The van der Waals surface area contributed by atoms with E-state index in [2.05, 4.69) is 0 Å². The largest absolute Gasteiger partial charge is 0.508 e. The summed E-state index contributed by atoms with van der Waals surface area (Å²) in [5.74, 6) is -0.705. The molecule has 0 bridgehead atoms. The van der Waals surface area contributed by atoms with Crippen LogP contribution in [0.25, 0.3) is 0 Å². The predicted molar refractivity (Wildman–Crippen MR) is 66.2 cm³/mol. The molecular weight excluding hydrogens is 248 g/mol. The molecule has 2 rings (SSSR count). The van der Waals surface area contributed by atoms with E-state index in [1.807, 2.05) is 0 Å². The summed E-state index contributed by atoms with van der Waals surface area (Å²) in [5.41, 5.74) is -1.81. The monoisotopic (exact) mass is 265 g/mol. The van der Waals surface area contributed by atoms with Gasteiger partial charge in [-0.25, -0.2) is 5.06 Å². The molecule has 1 radical (unpaired) electrons. The molecule has 1 heterocycles. The Kier molecular flexibility index (Phi) is 2.76. The lowest BCUT2D eigenvalue weighted by Gasteiger charge is -2.36. The van der Waals surface area contributed by atoms with Crippen LogP contribution in [0, 0.1) is 0 Å². The van der Waals surface area contributed by atoms with Crippen molar-refractivity contribution >= 4 is 5.78 Å². The van der Waals surface area contributed by atoms with Crippen LogP contribution in [-0.2, 0) is 10.0 Å². The molecule has 6 heteroatoms. The lowest BCUT2D eigenvalue weighted by atomic mass is 9.84. The van der Waals surface area contributed by atoms with E-state index in [-0.39, 0.29) is 17.2 Å². The molecule has 0 aromatic rings. The number of hydrogen-bond donors (Lipinski definition) is 2. The van der Waals surface area contributed by atoms with Gasteiger partial charge in [-0.05, 0) is 45.9 Å². The standard InChI is InChI=1S/C13H17N2O4/c1-12(2)13(3,4)15(19)11(14(12)18)9-7-8(16)5-6-10(9)17/h5-7,16,18H,1-4H3/b11-9+. The van der Waals surface area contributed by atoms with E-state index < -0.39 is 16.9 Å². The van der Waals surface area contributed by atoms with Gasteiger partial charge in [-0.15, -0.1) is 0 Å². The number of ketones is 1. The van der Waals surface area contributed by atoms with E-state index in [9.17, 15) is 20.3 Å². The fraction of sp³-hybridized carbons (Fsp3) is 0.462. The Morgan fingerprint density at radius 1 is 1.11 bits per heavy atom. The van der Waals surface area contributed by atoms with Gasteiger partial charge in [0.05, 0.1) is 16.7 Å². The summed E-state index contributed by atoms with van der Waals surface area (Å²) in [4.78, 5) is 11.8. The highest BCUT2D eigenvalue weighted by Crippen LogP contribution is 2.44. The van der Waals surface area contributed by atoms with Crippen molar-refractivity contribution in [1.29, 1.82) is 0 Å². The molecule has 0 amide bonds. The van der Waals surface area contributed by atoms with Crippen molar-refractivity contribution in [2.75, 3.05) is 0 Å². The molecule has 1 fully saturated rings. The smallest absolute Gasteiger partial charge is 0.189 e. The molecule has 0 aromatic carbocycles. The van der Waals surface area contributed by atoms with E-state index in [4.69, 9.17) is 0 Å². The first-order valence-electron chi connectivity index (χ1n) is 5.94. The molecule has 1 saturated heterocycles. The zero-order chi connectivity index (χ0) is 14.6. The molecule has 103 valence electrons. The van der Waals surface area contributed by atoms with Gasteiger partial charge in [0.1, 0.15) is 5.76 Å².